The van der Waals surface area contributed by atoms with Crippen LogP contribution in [0.15, 0.2) is 66.9 Å². The van der Waals surface area contributed by atoms with E-state index in [1.54, 1.807) is 31.6 Å². The Balaban J connectivity index is 2.09. The maximum atomic E-state index is 12.9. The van der Waals surface area contributed by atoms with Gasteiger partial charge in [0.05, 0.1) is 31.9 Å². The van der Waals surface area contributed by atoms with Crippen molar-refractivity contribution < 1.29 is 19.1 Å². The molecule has 0 unspecified atom stereocenters. The summed E-state index contributed by atoms with van der Waals surface area (Å²) in [5, 5.41) is 2.02. The number of carbonyl (C=O) groups is 2. The van der Waals surface area contributed by atoms with Crippen molar-refractivity contribution in [3.8, 4) is 0 Å². The number of rotatable bonds is 9. The van der Waals surface area contributed by atoms with Crippen LogP contribution in [0.1, 0.15) is 51.4 Å². The van der Waals surface area contributed by atoms with Crippen LogP contribution in [0.3, 0.4) is 0 Å². The topological polar surface area (TPSA) is 60.8 Å². The van der Waals surface area contributed by atoms with E-state index < -0.39 is 11.9 Å². The molecule has 0 aliphatic heterocycles. The van der Waals surface area contributed by atoms with E-state index in [1.165, 1.54) is 0 Å². The van der Waals surface area contributed by atoms with Gasteiger partial charge in [0.15, 0.2) is 5.69 Å². The first-order valence-electron chi connectivity index (χ1n) is 10.4. The number of carbonyl (C=O) groups excluding carboxylic acids is 2. The number of hydrogen-bond donors (Lipinski definition) is 0. The number of ether oxygens (including phenoxy) is 2. The van der Waals surface area contributed by atoms with Crippen LogP contribution >= 0.6 is 0 Å². The maximum absolute atomic E-state index is 12.9. The number of aromatic nitrogens is 1. The Bertz CT molecular complexity index is 971. The van der Waals surface area contributed by atoms with Crippen LogP contribution in [0.2, 0.25) is 0 Å². The van der Waals surface area contributed by atoms with Crippen molar-refractivity contribution in [3.05, 3.63) is 94.8 Å². The van der Waals surface area contributed by atoms with Crippen LogP contribution in [0.4, 0.5) is 0 Å². The van der Waals surface area contributed by atoms with Crippen LogP contribution in [-0.2, 0) is 22.6 Å². The number of hydrogen-bond acceptors (Lipinski definition) is 5. The summed E-state index contributed by atoms with van der Waals surface area (Å²) in [6.45, 7) is 6.85. The Morgan fingerprint density at radius 2 is 1.29 bits per heavy atom. The number of benzene rings is 2. The van der Waals surface area contributed by atoms with E-state index in [2.05, 4.69) is 0 Å². The van der Waals surface area contributed by atoms with Gasteiger partial charge in [-0.15, -0.1) is 0 Å². The Labute approximate surface area is 183 Å². The second kappa shape index (κ2) is 10.5. The van der Waals surface area contributed by atoms with Crippen LogP contribution < -0.4 is 5.01 Å². The third-order valence-electron chi connectivity index (χ3n) is 4.92. The smallest absolute Gasteiger partial charge is 0.357 e. The van der Waals surface area contributed by atoms with Gasteiger partial charge in [-0.1, -0.05) is 60.7 Å². The molecular weight excluding hydrogens is 392 g/mol. The van der Waals surface area contributed by atoms with E-state index in [-0.39, 0.29) is 13.2 Å². The van der Waals surface area contributed by atoms with Gasteiger partial charge >= 0.3 is 11.9 Å². The molecule has 6 heteroatoms. The summed E-state index contributed by atoms with van der Waals surface area (Å²) in [5.74, 6) is -0.926. The summed E-state index contributed by atoms with van der Waals surface area (Å²) in [6, 6.07) is 20.0. The van der Waals surface area contributed by atoms with Gasteiger partial charge < -0.3 is 14.5 Å². The Morgan fingerprint density at radius 1 is 0.806 bits per heavy atom. The highest BCUT2D eigenvalue weighted by Crippen LogP contribution is 2.22. The molecule has 0 fully saturated rings. The lowest BCUT2D eigenvalue weighted by Crippen LogP contribution is -2.35. The molecule has 0 radical (unpaired) electrons. The molecule has 0 spiro atoms. The molecule has 162 valence electrons. The van der Waals surface area contributed by atoms with E-state index in [4.69, 9.17) is 9.47 Å². The van der Waals surface area contributed by atoms with Crippen LogP contribution in [0, 0.1) is 6.92 Å². The number of esters is 2. The van der Waals surface area contributed by atoms with Crippen molar-refractivity contribution in [2.24, 2.45) is 0 Å². The molecule has 0 N–H and O–H groups in total. The lowest BCUT2D eigenvalue weighted by Gasteiger charge is -2.28. The second-order valence-corrected chi connectivity index (χ2v) is 7.10. The molecule has 0 atom stereocenters. The quantitative estimate of drug-likeness (QED) is 0.478. The molecule has 31 heavy (non-hydrogen) atoms. The van der Waals surface area contributed by atoms with Crippen molar-refractivity contribution in [2.45, 2.75) is 33.9 Å². The van der Waals surface area contributed by atoms with E-state index in [0.717, 1.165) is 11.1 Å². The third-order valence-corrected chi connectivity index (χ3v) is 4.92. The predicted octanol–water partition coefficient (Wildman–Crippen LogP) is 4.49. The fraction of sp³-hybridized carbons (Fsp3) is 0.280. The monoisotopic (exact) mass is 420 g/mol. The van der Waals surface area contributed by atoms with Crippen LogP contribution in [-0.4, -0.2) is 29.8 Å². The average molecular weight is 421 g/mol. The fourth-order valence-corrected chi connectivity index (χ4v) is 3.46. The van der Waals surface area contributed by atoms with Crippen LogP contribution in [0.25, 0.3) is 0 Å². The zero-order valence-electron chi connectivity index (χ0n) is 18.2. The molecule has 3 rings (SSSR count). The summed E-state index contributed by atoms with van der Waals surface area (Å²) < 4.78 is 12.3. The van der Waals surface area contributed by atoms with Crippen molar-refractivity contribution in [3.63, 3.8) is 0 Å². The van der Waals surface area contributed by atoms with Crippen molar-refractivity contribution in [1.82, 2.24) is 4.68 Å². The lowest BCUT2D eigenvalue weighted by molar-refractivity contribution is 0.0510. The third kappa shape index (κ3) is 5.34. The average Bonchev–Trinajstić information content (AvgIpc) is 3.12. The van der Waals surface area contributed by atoms with Gasteiger partial charge in [-0.05, 0) is 37.5 Å². The molecular formula is C25H28N2O4. The Kier molecular flexibility index (Phi) is 7.49. The van der Waals surface area contributed by atoms with Crippen molar-refractivity contribution in [1.29, 1.82) is 0 Å². The maximum Gasteiger partial charge on any atom is 0.357 e. The predicted molar refractivity (Wildman–Crippen MR) is 120 cm³/mol. The molecule has 1 aromatic heterocycles. The van der Waals surface area contributed by atoms with Gasteiger partial charge in [-0.25, -0.2) is 9.59 Å². The first kappa shape index (κ1) is 22.2. The van der Waals surface area contributed by atoms with Gasteiger partial charge in [0, 0.05) is 6.20 Å². The molecule has 0 aliphatic rings. The standard InChI is InChI=1S/C25H28N2O4/c1-4-30-24(28)22-18-27(23(19(22)3)25(29)31-5-2)26(16-20-12-8-6-9-13-20)17-21-14-10-7-11-15-21/h6-15,18H,4-5,16-17H2,1-3H3. The summed E-state index contributed by atoms with van der Waals surface area (Å²) in [6.07, 6.45) is 1.67. The molecule has 1 heterocycles. The van der Waals surface area contributed by atoms with Crippen molar-refractivity contribution >= 4 is 11.9 Å². The first-order chi connectivity index (χ1) is 15.0. The molecule has 0 saturated carbocycles. The lowest BCUT2D eigenvalue weighted by atomic mass is 10.1. The summed E-state index contributed by atoms with van der Waals surface area (Å²) in [5.41, 5.74) is 3.39. The van der Waals surface area contributed by atoms with E-state index >= 15 is 0 Å². The molecule has 6 nitrogen and oxygen atoms in total. The Hall–Kier alpha value is -3.54. The Morgan fingerprint density at radius 3 is 1.77 bits per heavy atom. The molecule has 0 aliphatic carbocycles. The highest BCUT2D eigenvalue weighted by Gasteiger charge is 2.27. The molecule has 3 aromatic rings. The molecule has 0 saturated heterocycles. The van der Waals surface area contributed by atoms with E-state index in [1.807, 2.05) is 65.7 Å². The van der Waals surface area contributed by atoms with E-state index in [9.17, 15) is 9.59 Å². The highest BCUT2D eigenvalue weighted by atomic mass is 16.5. The fourth-order valence-electron chi connectivity index (χ4n) is 3.46. The van der Waals surface area contributed by atoms with Gasteiger partial charge in [0.2, 0.25) is 0 Å². The van der Waals surface area contributed by atoms with Gasteiger partial charge in [0.25, 0.3) is 0 Å². The summed E-state index contributed by atoms with van der Waals surface area (Å²) in [4.78, 5) is 25.4. The van der Waals surface area contributed by atoms with Crippen LogP contribution in [0.5, 0.6) is 0 Å². The van der Waals surface area contributed by atoms with Gasteiger partial charge in [0.1, 0.15) is 0 Å². The SMILES string of the molecule is CCOC(=O)c1cn(N(Cc2ccccc2)Cc2ccccc2)c(C(=O)OCC)c1C. The number of nitrogens with zero attached hydrogens (tertiary/aromatic N) is 2. The molecule has 0 bridgehead atoms. The molecule has 2 aromatic carbocycles. The second-order valence-electron chi connectivity index (χ2n) is 7.10. The summed E-state index contributed by atoms with van der Waals surface area (Å²) >= 11 is 0. The minimum Gasteiger partial charge on any atom is -0.462 e. The minimum absolute atomic E-state index is 0.246. The summed E-state index contributed by atoms with van der Waals surface area (Å²) in [7, 11) is 0. The zero-order chi connectivity index (χ0) is 22.2. The van der Waals surface area contributed by atoms with Gasteiger partial charge in [-0.2, -0.15) is 0 Å². The van der Waals surface area contributed by atoms with Gasteiger partial charge in [-0.3, -0.25) is 4.68 Å². The highest BCUT2D eigenvalue weighted by molar-refractivity contribution is 5.97. The first-order valence-corrected chi connectivity index (χ1v) is 10.4. The zero-order valence-corrected chi connectivity index (χ0v) is 18.2. The normalized spacial score (nSPS) is 10.5. The largest absolute Gasteiger partial charge is 0.462 e. The molecule has 0 amide bonds. The minimum atomic E-state index is -0.471. The van der Waals surface area contributed by atoms with Crippen molar-refractivity contribution in [2.75, 3.05) is 18.2 Å². The van der Waals surface area contributed by atoms with E-state index in [0.29, 0.717) is 29.9 Å².